The smallest absolute Gasteiger partial charge is 0.303 e. The minimum Gasteiger partial charge on any atom is -0.481 e. The molecule has 1 aromatic heterocycles. The summed E-state index contributed by atoms with van der Waals surface area (Å²) in [5.41, 5.74) is 1.08. The lowest BCUT2D eigenvalue weighted by atomic mass is 9.82. The Morgan fingerprint density at radius 3 is 2.29 bits per heavy atom. The van der Waals surface area contributed by atoms with E-state index >= 15 is 0 Å². The van der Waals surface area contributed by atoms with Gasteiger partial charge in [-0.2, -0.15) is 0 Å². The summed E-state index contributed by atoms with van der Waals surface area (Å²) in [5.74, 6) is -3.20. The second-order valence-corrected chi connectivity index (χ2v) is 11.4. The van der Waals surface area contributed by atoms with Gasteiger partial charge in [0.2, 0.25) is 5.91 Å². The summed E-state index contributed by atoms with van der Waals surface area (Å²) >= 11 is 0. The van der Waals surface area contributed by atoms with E-state index in [2.05, 4.69) is 10.3 Å². The van der Waals surface area contributed by atoms with Crippen molar-refractivity contribution in [3.05, 3.63) is 65.2 Å². The lowest BCUT2D eigenvalue weighted by molar-refractivity contribution is -0.138. The molecule has 5 rings (SSSR count). The fourth-order valence-electron chi connectivity index (χ4n) is 6.65. The van der Waals surface area contributed by atoms with Crippen LogP contribution in [-0.2, 0) is 14.3 Å². The highest BCUT2D eigenvalue weighted by Crippen LogP contribution is 2.40. The Kier molecular flexibility index (Phi) is 8.97. The van der Waals surface area contributed by atoms with Crippen LogP contribution in [0.5, 0.6) is 0 Å². The Hall–Kier alpha value is -3.40. The van der Waals surface area contributed by atoms with Crippen molar-refractivity contribution in [1.82, 2.24) is 14.9 Å². The number of nitrogens with one attached hydrogen (secondary N) is 1. The number of imidazole rings is 1. The number of nitrogens with zero attached hydrogens (tertiary/aromatic N) is 2. The molecule has 0 radical (unpaired) electrons. The zero-order valence-electron chi connectivity index (χ0n) is 23.1. The molecular weight excluding hydrogens is 535 g/mol. The fourth-order valence-corrected chi connectivity index (χ4v) is 6.65. The van der Waals surface area contributed by atoms with E-state index in [0.717, 1.165) is 44.2 Å². The molecule has 2 atom stereocenters. The molecule has 10 heteroatoms. The molecule has 0 bridgehead atoms. The van der Waals surface area contributed by atoms with E-state index < -0.39 is 35.6 Å². The summed E-state index contributed by atoms with van der Waals surface area (Å²) < 4.78 is 50.3. The van der Waals surface area contributed by atoms with Gasteiger partial charge in [0.05, 0.1) is 11.0 Å². The van der Waals surface area contributed by atoms with Crippen LogP contribution in [0.15, 0.2) is 36.4 Å². The number of amides is 1. The van der Waals surface area contributed by atoms with E-state index in [1.165, 1.54) is 19.2 Å². The highest BCUT2D eigenvalue weighted by molar-refractivity contribution is 5.85. The third kappa shape index (κ3) is 6.42. The van der Waals surface area contributed by atoms with Gasteiger partial charge in [0.25, 0.3) is 0 Å². The molecule has 2 aliphatic rings. The Morgan fingerprint density at radius 2 is 1.66 bits per heavy atom. The number of rotatable bonds is 9. The topological polar surface area (TPSA) is 93.5 Å². The largest absolute Gasteiger partial charge is 0.481 e. The van der Waals surface area contributed by atoms with Crippen molar-refractivity contribution in [3.63, 3.8) is 0 Å². The van der Waals surface area contributed by atoms with Crippen molar-refractivity contribution in [2.45, 2.75) is 82.4 Å². The van der Waals surface area contributed by atoms with Crippen LogP contribution in [0.25, 0.3) is 11.0 Å². The second-order valence-electron chi connectivity index (χ2n) is 11.4. The van der Waals surface area contributed by atoms with Gasteiger partial charge >= 0.3 is 5.97 Å². The lowest BCUT2D eigenvalue weighted by Crippen LogP contribution is -2.44. The van der Waals surface area contributed by atoms with Crippen LogP contribution in [0.4, 0.5) is 13.2 Å². The van der Waals surface area contributed by atoms with Crippen LogP contribution < -0.4 is 5.32 Å². The van der Waals surface area contributed by atoms with Crippen LogP contribution in [0.2, 0.25) is 0 Å². The Morgan fingerprint density at radius 1 is 1.00 bits per heavy atom. The molecule has 2 fully saturated rings. The molecular formula is C31H36F3N3O4. The van der Waals surface area contributed by atoms with Gasteiger partial charge in [-0.15, -0.1) is 0 Å². The molecule has 2 aromatic carbocycles. The van der Waals surface area contributed by atoms with E-state index in [-0.39, 0.29) is 35.7 Å². The van der Waals surface area contributed by atoms with E-state index in [0.29, 0.717) is 42.6 Å². The van der Waals surface area contributed by atoms with E-state index in [1.54, 1.807) is 16.7 Å². The predicted molar refractivity (Wildman–Crippen MR) is 147 cm³/mol. The maximum Gasteiger partial charge on any atom is 0.303 e. The molecule has 1 heterocycles. The number of fused-ring (bicyclic) bond motifs is 1. The first-order valence-corrected chi connectivity index (χ1v) is 14.4. The van der Waals surface area contributed by atoms with Crippen LogP contribution in [0.1, 0.15) is 87.7 Å². The van der Waals surface area contributed by atoms with Gasteiger partial charge in [-0.1, -0.05) is 31.4 Å². The fraction of sp³-hybridized carbons (Fsp3) is 0.516. The molecule has 2 N–H and O–H groups in total. The number of carbonyl (C=O) groups excluding carboxylic acids is 1. The number of carboxylic acids is 1. The summed E-state index contributed by atoms with van der Waals surface area (Å²) in [6, 6.07) is 7.00. The van der Waals surface area contributed by atoms with Gasteiger partial charge in [0.15, 0.2) is 11.6 Å². The number of halogens is 3. The number of methoxy groups -OCH3 is 1. The van der Waals surface area contributed by atoms with Crippen molar-refractivity contribution >= 4 is 22.9 Å². The molecule has 0 spiro atoms. The number of hydrogen-bond acceptors (Lipinski definition) is 4. The average Bonchev–Trinajstić information content (AvgIpc) is 3.29. The molecule has 220 valence electrons. The summed E-state index contributed by atoms with van der Waals surface area (Å²) in [5, 5.41) is 12.4. The minimum absolute atomic E-state index is 0.0675. The van der Waals surface area contributed by atoms with Gasteiger partial charge in [-0.05, 0) is 68.1 Å². The summed E-state index contributed by atoms with van der Waals surface area (Å²) in [7, 11) is 1.48. The van der Waals surface area contributed by atoms with Crippen molar-refractivity contribution in [3.8, 4) is 0 Å². The maximum atomic E-state index is 14.7. The SMILES string of the molecule is COC(c1ccc(F)cc1)c1nc2cc(F)c(F)cc2n1C(C(=O)NC1CCC(CC(=O)O)CC1)C1CCCCC1. The van der Waals surface area contributed by atoms with Crippen LogP contribution in [-0.4, -0.2) is 39.7 Å². The van der Waals surface area contributed by atoms with Gasteiger partial charge in [-0.3, -0.25) is 9.59 Å². The molecule has 7 nitrogen and oxygen atoms in total. The number of aliphatic carboxylic acids is 1. The third-order valence-electron chi connectivity index (χ3n) is 8.70. The number of hydrogen-bond donors (Lipinski definition) is 2. The predicted octanol–water partition coefficient (Wildman–Crippen LogP) is 6.46. The van der Waals surface area contributed by atoms with Crippen molar-refractivity contribution in [2.24, 2.45) is 11.8 Å². The number of carboxylic acid groups (broad SMARTS) is 1. The molecule has 2 saturated carbocycles. The standard InChI is InChI=1S/C31H36F3N3O4/c1-41-29(20-9-11-21(32)12-10-20)30-36-25-16-23(33)24(34)17-26(25)37(30)28(19-5-3-2-4-6-19)31(40)35-22-13-7-18(8-14-22)15-27(38)39/h9-12,16-19,22,28-29H,2-8,13-15H2,1H3,(H,35,40)(H,38,39). The molecule has 0 aliphatic heterocycles. The molecule has 41 heavy (non-hydrogen) atoms. The summed E-state index contributed by atoms with van der Waals surface area (Å²) in [6.07, 6.45) is 6.63. The number of aromatic nitrogens is 2. The maximum absolute atomic E-state index is 14.7. The molecule has 2 unspecified atom stereocenters. The molecule has 1 amide bonds. The zero-order chi connectivity index (χ0) is 29.1. The van der Waals surface area contributed by atoms with E-state index in [4.69, 9.17) is 9.84 Å². The molecule has 2 aliphatic carbocycles. The Labute approximate surface area is 237 Å². The highest BCUT2D eigenvalue weighted by atomic mass is 19.2. The lowest BCUT2D eigenvalue weighted by Gasteiger charge is -2.35. The van der Waals surface area contributed by atoms with Crippen molar-refractivity contribution in [2.75, 3.05) is 7.11 Å². The molecule has 0 saturated heterocycles. The third-order valence-corrected chi connectivity index (χ3v) is 8.70. The number of carbonyl (C=O) groups is 2. The highest BCUT2D eigenvalue weighted by Gasteiger charge is 2.37. The number of ether oxygens (including phenoxy) is 1. The average molecular weight is 572 g/mol. The monoisotopic (exact) mass is 571 g/mol. The van der Waals surface area contributed by atoms with Crippen molar-refractivity contribution in [1.29, 1.82) is 0 Å². The van der Waals surface area contributed by atoms with E-state index in [1.807, 2.05) is 0 Å². The zero-order valence-corrected chi connectivity index (χ0v) is 23.1. The van der Waals surface area contributed by atoms with Crippen molar-refractivity contribution < 1.29 is 32.6 Å². The van der Waals surface area contributed by atoms with Gasteiger partial charge in [0.1, 0.15) is 23.8 Å². The van der Waals surface area contributed by atoms with Crippen LogP contribution >= 0.6 is 0 Å². The first-order valence-electron chi connectivity index (χ1n) is 14.4. The summed E-state index contributed by atoms with van der Waals surface area (Å²) in [4.78, 5) is 30.0. The van der Waals surface area contributed by atoms with Gasteiger partial charge < -0.3 is 19.7 Å². The second kappa shape index (κ2) is 12.6. The van der Waals surface area contributed by atoms with Gasteiger partial charge in [0, 0.05) is 31.7 Å². The first kappa shape index (κ1) is 29.1. The minimum atomic E-state index is -1.04. The quantitative estimate of drug-likeness (QED) is 0.308. The normalized spacial score (nSPS) is 21.5. The summed E-state index contributed by atoms with van der Waals surface area (Å²) in [6.45, 7) is 0. The van der Waals surface area contributed by atoms with Crippen LogP contribution in [0.3, 0.4) is 0 Å². The Balaban J connectivity index is 1.56. The van der Waals surface area contributed by atoms with E-state index in [9.17, 15) is 22.8 Å². The molecule has 3 aromatic rings. The number of benzene rings is 2. The first-order chi connectivity index (χ1) is 19.7. The van der Waals surface area contributed by atoms with Crippen LogP contribution in [0, 0.1) is 29.3 Å². The van der Waals surface area contributed by atoms with Gasteiger partial charge in [-0.25, -0.2) is 18.2 Å². The Bertz CT molecular complexity index is 1380.